The Morgan fingerprint density at radius 3 is 2.53 bits per heavy atom. The highest BCUT2D eigenvalue weighted by atomic mass is 19.1. The van der Waals surface area contributed by atoms with Gasteiger partial charge in [-0.15, -0.1) is 0 Å². The van der Waals surface area contributed by atoms with Crippen LogP contribution in [0.2, 0.25) is 0 Å². The van der Waals surface area contributed by atoms with E-state index in [2.05, 4.69) is 5.32 Å². The topological polar surface area (TPSA) is 113 Å². The summed E-state index contributed by atoms with van der Waals surface area (Å²) in [5.74, 6) is -1.72. The Morgan fingerprint density at radius 1 is 1.47 bits per heavy atom. The van der Waals surface area contributed by atoms with Gasteiger partial charge in [-0.05, 0) is 19.1 Å². The third-order valence-corrected chi connectivity index (χ3v) is 2.51. The standard InChI is InChI=1S/C11H13FN2O5/c1-11(5-15,6-16)13-10(17)8-3-2-7(12)4-9(8)14(18)19/h2-4,15-16H,5-6H2,1H3,(H,13,17). The lowest BCUT2D eigenvalue weighted by molar-refractivity contribution is -0.385. The summed E-state index contributed by atoms with van der Waals surface area (Å²) in [4.78, 5) is 21.7. The second kappa shape index (κ2) is 5.72. The Bertz CT molecular complexity index is 502. The number of benzene rings is 1. The number of aliphatic hydroxyl groups excluding tert-OH is 2. The maximum atomic E-state index is 12.9. The number of hydrogen-bond donors (Lipinski definition) is 3. The molecule has 0 aromatic heterocycles. The number of amides is 1. The van der Waals surface area contributed by atoms with Crippen LogP contribution in [-0.4, -0.2) is 39.8 Å². The zero-order valence-corrected chi connectivity index (χ0v) is 10.1. The molecule has 104 valence electrons. The maximum absolute atomic E-state index is 12.9. The predicted molar refractivity (Wildman–Crippen MR) is 63.1 cm³/mol. The molecule has 8 heteroatoms. The van der Waals surface area contributed by atoms with Gasteiger partial charge in [-0.3, -0.25) is 14.9 Å². The van der Waals surface area contributed by atoms with Gasteiger partial charge in [0.1, 0.15) is 11.4 Å². The van der Waals surface area contributed by atoms with Crippen LogP contribution in [0.3, 0.4) is 0 Å². The first-order chi connectivity index (χ1) is 8.83. The minimum atomic E-state index is -1.32. The summed E-state index contributed by atoms with van der Waals surface area (Å²) in [6.45, 7) is 0.259. The Kier molecular flexibility index (Phi) is 4.52. The van der Waals surface area contributed by atoms with Crippen LogP contribution in [-0.2, 0) is 0 Å². The molecule has 0 aliphatic heterocycles. The third kappa shape index (κ3) is 3.46. The van der Waals surface area contributed by atoms with E-state index < -0.39 is 41.1 Å². The first-order valence-electron chi connectivity index (χ1n) is 5.31. The molecule has 0 radical (unpaired) electrons. The van der Waals surface area contributed by atoms with E-state index in [1.165, 1.54) is 6.92 Å². The van der Waals surface area contributed by atoms with Gasteiger partial charge in [-0.1, -0.05) is 0 Å². The van der Waals surface area contributed by atoms with Crippen LogP contribution >= 0.6 is 0 Å². The molecule has 0 atom stereocenters. The second-order valence-electron chi connectivity index (χ2n) is 4.25. The van der Waals surface area contributed by atoms with E-state index in [0.717, 1.165) is 12.1 Å². The summed E-state index contributed by atoms with van der Waals surface area (Å²) in [5.41, 5.74) is -2.35. The minimum Gasteiger partial charge on any atom is -0.394 e. The van der Waals surface area contributed by atoms with Gasteiger partial charge in [-0.25, -0.2) is 4.39 Å². The van der Waals surface area contributed by atoms with Gasteiger partial charge in [0, 0.05) is 0 Å². The lowest BCUT2D eigenvalue weighted by Crippen LogP contribution is -2.51. The fraction of sp³-hybridized carbons (Fsp3) is 0.364. The molecule has 0 aliphatic carbocycles. The Balaban J connectivity index is 3.10. The number of carbonyl (C=O) groups is 1. The van der Waals surface area contributed by atoms with E-state index in [-0.39, 0.29) is 5.56 Å². The highest BCUT2D eigenvalue weighted by Crippen LogP contribution is 2.20. The van der Waals surface area contributed by atoms with Crippen LogP contribution in [0.25, 0.3) is 0 Å². The molecule has 3 N–H and O–H groups in total. The van der Waals surface area contributed by atoms with Crippen LogP contribution in [0.1, 0.15) is 17.3 Å². The summed E-state index contributed by atoms with van der Waals surface area (Å²) >= 11 is 0. The van der Waals surface area contributed by atoms with Crippen LogP contribution in [0.4, 0.5) is 10.1 Å². The van der Waals surface area contributed by atoms with Gasteiger partial charge in [0.2, 0.25) is 0 Å². The van der Waals surface area contributed by atoms with Crippen molar-refractivity contribution in [2.24, 2.45) is 0 Å². The van der Waals surface area contributed by atoms with Crippen molar-refractivity contribution in [2.75, 3.05) is 13.2 Å². The van der Waals surface area contributed by atoms with Crippen LogP contribution in [0.15, 0.2) is 18.2 Å². The molecule has 0 saturated carbocycles. The van der Waals surface area contributed by atoms with Crippen molar-refractivity contribution in [2.45, 2.75) is 12.5 Å². The number of nitro benzene ring substituents is 1. The molecule has 0 bridgehead atoms. The SMILES string of the molecule is CC(CO)(CO)NC(=O)c1ccc(F)cc1[N+](=O)[O-]. The molecule has 0 aliphatic rings. The van der Waals surface area contributed by atoms with Crippen molar-refractivity contribution in [3.63, 3.8) is 0 Å². The molecule has 7 nitrogen and oxygen atoms in total. The fourth-order valence-electron chi connectivity index (χ4n) is 1.32. The summed E-state index contributed by atoms with van der Waals surface area (Å²) in [6.07, 6.45) is 0. The van der Waals surface area contributed by atoms with E-state index in [9.17, 15) is 19.3 Å². The molecule has 1 aromatic rings. The number of nitrogens with zero attached hydrogens (tertiary/aromatic N) is 1. The number of hydrogen-bond acceptors (Lipinski definition) is 5. The second-order valence-corrected chi connectivity index (χ2v) is 4.25. The predicted octanol–water partition coefficient (Wildman–Crippen LogP) is 0.207. The number of halogens is 1. The Labute approximate surface area is 107 Å². The number of aliphatic hydroxyl groups is 2. The maximum Gasteiger partial charge on any atom is 0.285 e. The molecule has 1 rings (SSSR count). The lowest BCUT2D eigenvalue weighted by Gasteiger charge is -2.26. The van der Waals surface area contributed by atoms with Crippen LogP contribution in [0, 0.1) is 15.9 Å². The first-order valence-corrected chi connectivity index (χ1v) is 5.31. The van der Waals surface area contributed by atoms with Crippen molar-refractivity contribution in [1.29, 1.82) is 0 Å². The van der Waals surface area contributed by atoms with Gasteiger partial charge in [0.15, 0.2) is 0 Å². The van der Waals surface area contributed by atoms with Crippen molar-refractivity contribution >= 4 is 11.6 Å². The smallest absolute Gasteiger partial charge is 0.285 e. The average Bonchev–Trinajstić information content (AvgIpc) is 2.38. The van der Waals surface area contributed by atoms with Crippen LogP contribution in [0.5, 0.6) is 0 Å². The van der Waals surface area contributed by atoms with E-state index in [4.69, 9.17) is 10.2 Å². The molecule has 0 fully saturated rings. The summed E-state index contributed by atoms with van der Waals surface area (Å²) < 4.78 is 12.9. The minimum absolute atomic E-state index is 0.348. The van der Waals surface area contributed by atoms with Crippen molar-refractivity contribution in [3.8, 4) is 0 Å². The molecule has 0 unspecified atom stereocenters. The highest BCUT2D eigenvalue weighted by Gasteiger charge is 2.28. The van der Waals surface area contributed by atoms with E-state index >= 15 is 0 Å². The lowest BCUT2D eigenvalue weighted by atomic mass is 10.0. The zero-order chi connectivity index (χ0) is 14.6. The summed E-state index contributed by atoms with van der Waals surface area (Å²) in [7, 11) is 0. The quantitative estimate of drug-likeness (QED) is 0.523. The van der Waals surface area contributed by atoms with E-state index in [0.29, 0.717) is 6.07 Å². The zero-order valence-electron chi connectivity index (χ0n) is 10.1. The molecule has 0 saturated heterocycles. The highest BCUT2D eigenvalue weighted by molar-refractivity contribution is 5.98. The molecular formula is C11H13FN2O5. The largest absolute Gasteiger partial charge is 0.394 e. The number of rotatable bonds is 5. The summed E-state index contributed by atoms with van der Waals surface area (Å²) in [6, 6.07) is 2.51. The molecular weight excluding hydrogens is 259 g/mol. The Hall–Kier alpha value is -2.06. The molecule has 1 amide bonds. The Morgan fingerprint density at radius 2 is 2.05 bits per heavy atom. The summed E-state index contributed by atoms with van der Waals surface area (Å²) in [5, 5.41) is 31.1. The first kappa shape index (κ1) is 15.0. The van der Waals surface area contributed by atoms with Crippen molar-refractivity contribution in [3.05, 3.63) is 39.7 Å². The van der Waals surface area contributed by atoms with Gasteiger partial charge in [0.25, 0.3) is 11.6 Å². The number of nitrogens with one attached hydrogen (secondary N) is 1. The van der Waals surface area contributed by atoms with Gasteiger partial charge < -0.3 is 15.5 Å². The molecule has 0 spiro atoms. The van der Waals surface area contributed by atoms with Gasteiger partial charge >= 0.3 is 0 Å². The average molecular weight is 272 g/mol. The number of carbonyl (C=O) groups excluding carboxylic acids is 1. The number of nitro groups is 1. The van der Waals surface area contributed by atoms with Crippen molar-refractivity contribution < 1.29 is 24.3 Å². The van der Waals surface area contributed by atoms with Crippen LogP contribution < -0.4 is 5.32 Å². The third-order valence-electron chi connectivity index (χ3n) is 2.51. The fourth-order valence-corrected chi connectivity index (χ4v) is 1.32. The van der Waals surface area contributed by atoms with Gasteiger partial charge in [0.05, 0.1) is 29.7 Å². The van der Waals surface area contributed by atoms with E-state index in [1.54, 1.807) is 0 Å². The monoisotopic (exact) mass is 272 g/mol. The normalized spacial score (nSPS) is 11.2. The van der Waals surface area contributed by atoms with Gasteiger partial charge in [-0.2, -0.15) is 0 Å². The molecule has 19 heavy (non-hydrogen) atoms. The van der Waals surface area contributed by atoms with E-state index in [1.807, 2.05) is 0 Å². The molecule has 1 aromatic carbocycles. The molecule has 0 heterocycles. The van der Waals surface area contributed by atoms with Crippen molar-refractivity contribution in [1.82, 2.24) is 5.32 Å².